The molecular weight excluding hydrogens is 297 g/mol. The average Bonchev–Trinajstić information content (AvgIpc) is 2.65. The van der Waals surface area contributed by atoms with E-state index in [1.807, 2.05) is 0 Å². The van der Waals surface area contributed by atoms with E-state index in [4.69, 9.17) is 11.6 Å². The highest BCUT2D eigenvalue weighted by Crippen LogP contribution is 2.41. The van der Waals surface area contributed by atoms with Gasteiger partial charge in [-0.1, -0.05) is 18.2 Å². The summed E-state index contributed by atoms with van der Waals surface area (Å²) in [6, 6.07) is 5.27. The molecule has 2 N–H and O–H groups in total. The summed E-state index contributed by atoms with van der Waals surface area (Å²) in [5.41, 5.74) is -1.32. The molecule has 1 amide bonds. The molecule has 20 heavy (non-hydrogen) atoms. The molecule has 0 bridgehead atoms. The van der Waals surface area contributed by atoms with Gasteiger partial charge in [0.2, 0.25) is 0 Å². The van der Waals surface area contributed by atoms with Crippen LogP contribution in [0.1, 0.15) is 16.8 Å². The van der Waals surface area contributed by atoms with Crippen LogP contribution in [-0.4, -0.2) is 27.9 Å². The van der Waals surface area contributed by atoms with E-state index < -0.39 is 24.2 Å². The van der Waals surface area contributed by atoms with Gasteiger partial charge in [0, 0.05) is 22.7 Å². The van der Waals surface area contributed by atoms with Crippen molar-refractivity contribution in [2.24, 2.45) is 0 Å². The van der Waals surface area contributed by atoms with Crippen LogP contribution in [0.2, 0.25) is 5.02 Å². The quantitative estimate of drug-likeness (QED) is 0.838. The first-order chi connectivity index (χ1) is 9.15. The van der Waals surface area contributed by atoms with E-state index in [0.717, 1.165) is 0 Å². The van der Waals surface area contributed by atoms with Crippen LogP contribution in [0.25, 0.3) is 0 Å². The van der Waals surface area contributed by atoms with Gasteiger partial charge in [0.1, 0.15) is 0 Å². The summed E-state index contributed by atoms with van der Waals surface area (Å²) in [5, 5.41) is 10.3. The number of amides is 1. The Balaban J connectivity index is 2.37. The third kappa shape index (κ3) is 2.34. The Hall–Kier alpha value is -1.73. The maximum atomic E-state index is 13.0. The number of nitrogens with one attached hydrogen (secondary N) is 1. The van der Waals surface area contributed by atoms with Gasteiger partial charge in [-0.25, -0.2) is 5.01 Å². The molecule has 8 heteroatoms. The molecule has 2 rings (SSSR count). The fourth-order valence-electron chi connectivity index (χ4n) is 1.83. The first-order valence-corrected chi connectivity index (χ1v) is 5.86. The molecule has 0 aliphatic carbocycles. The smallest absolute Gasteiger partial charge is 0.362 e. The molecule has 1 atom stereocenters. The van der Waals surface area contributed by atoms with E-state index in [0.29, 0.717) is 5.02 Å². The Bertz CT molecular complexity index is 559. The fraction of sp³-hybridized carbons (Fsp3) is 0.250. The Kier molecular flexibility index (Phi) is 3.43. The van der Waals surface area contributed by atoms with Gasteiger partial charge in [0.25, 0.3) is 11.6 Å². The molecule has 1 saturated heterocycles. The lowest BCUT2D eigenvalue weighted by Crippen LogP contribution is -2.59. The zero-order chi connectivity index (χ0) is 15.1. The molecule has 108 valence electrons. The first-order valence-electron chi connectivity index (χ1n) is 5.49. The van der Waals surface area contributed by atoms with Crippen LogP contribution in [0.4, 0.5) is 13.2 Å². The third-order valence-corrected chi connectivity index (χ3v) is 3.10. The van der Waals surface area contributed by atoms with Gasteiger partial charge in [0.05, 0.1) is 0 Å². The molecule has 1 aromatic rings. The van der Waals surface area contributed by atoms with Crippen molar-refractivity contribution in [2.45, 2.75) is 18.3 Å². The van der Waals surface area contributed by atoms with Crippen molar-refractivity contribution in [3.8, 4) is 0 Å². The molecular formula is C12H10ClF3N2O2. The zero-order valence-electron chi connectivity index (χ0n) is 10.0. The molecule has 1 fully saturated rings. The van der Waals surface area contributed by atoms with E-state index >= 15 is 0 Å². The van der Waals surface area contributed by atoms with Gasteiger partial charge in [-0.05, 0) is 24.3 Å². The molecule has 0 aromatic heterocycles. The Morgan fingerprint density at radius 3 is 2.45 bits per heavy atom. The summed E-state index contributed by atoms with van der Waals surface area (Å²) in [4.78, 5) is 12.1. The van der Waals surface area contributed by atoms with E-state index in [9.17, 15) is 23.1 Å². The summed E-state index contributed by atoms with van der Waals surface area (Å²) < 4.78 is 38.9. The maximum absolute atomic E-state index is 13.0. The first kappa shape index (κ1) is 14.7. The standard InChI is InChI=1S/C12H10ClF3N2O2/c1-7-6-11(20,12(14,15)16)18(17-7)10(19)8-2-4-9(13)5-3-8/h2-5,17,20H,1,6H2. The second kappa shape index (κ2) is 4.68. The molecule has 0 spiro atoms. The molecule has 1 aliphatic rings. The summed E-state index contributed by atoms with van der Waals surface area (Å²) in [5.74, 6) is -1.03. The van der Waals surface area contributed by atoms with Crippen LogP contribution in [0.15, 0.2) is 36.5 Å². The highest BCUT2D eigenvalue weighted by Gasteiger charge is 2.63. The SMILES string of the molecule is C=C1CC(O)(C(F)(F)F)N(C(=O)c2ccc(Cl)cc2)N1. The number of nitrogens with zero attached hydrogens (tertiary/aromatic N) is 1. The predicted octanol–water partition coefficient (Wildman–Crippen LogP) is 2.46. The number of hydrogen-bond acceptors (Lipinski definition) is 3. The van der Waals surface area contributed by atoms with Gasteiger partial charge in [0.15, 0.2) is 0 Å². The largest absolute Gasteiger partial charge is 0.438 e. The van der Waals surface area contributed by atoms with Crippen molar-refractivity contribution in [1.82, 2.24) is 10.4 Å². The number of hydrazine groups is 1. The number of rotatable bonds is 1. The fourth-order valence-corrected chi connectivity index (χ4v) is 1.96. The van der Waals surface area contributed by atoms with E-state index in [2.05, 4.69) is 12.0 Å². The van der Waals surface area contributed by atoms with Crippen molar-refractivity contribution in [1.29, 1.82) is 0 Å². The lowest BCUT2D eigenvalue weighted by atomic mass is 10.1. The minimum absolute atomic E-state index is 0.0423. The number of alkyl halides is 3. The van der Waals surface area contributed by atoms with E-state index in [1.54, 1.807) is 0 Å². The van der Waals surface area contributed by atoms with Crippen LogP contribution in [-0.2, 0) is 0 Å². The van der Waals surface area contributed by atoms with Crippen LogP contribution in [0.5, 0.6) is 0 Å². The number of carbonyl (C=O) groups excluding carboxylic acids is 1. The Morgan fingerprint density at radius 2 is 1.95 bits per heavy atom. The Labute approximate surface area is 117 Å². The lowest BCUT2D eigenvalue weighted by Gasteiger charge is -2.33. The maximum Gasteiger partial charge on any atom is 0.438 e. The molecule has 1 heterocycles. The minimum Gasteiger partial charge on any atom is -0.362 e. The molecule has 1 aliphatic heterocycles. The topological polar surface area (TPSA) is 52.6 Å². The van der Waals surface area contributed by atoms with Crippen LogP contribution < -0.4 is 5.43 Å². The summed E-state index contributed by atoms with van der Waals surface area (Å²) in [6.45, 7) is 3.32. The summed E-state index contributed by atoms with van der Waals surface area (Å²) in [7, 11) is 0. The van der Waals surface area contributed by atoms with Gasteiger partial charge in [-0.2, -0.15) is 13.2 Å². The van der Waals surface area contributed by atoms with Gasteiger partial charge in [-0.15, -0.1) is 0 Å². The summed E-state index contributed by atoms with van der Waals surface area (Å²) in [6.07, 6.45) is -5.84. The minimum atomic E-state index is -5.01. The zero-order valence-corrected chi connectivity index (χ0v) is 10.8. The molecule has 1 unspecified atom stereocenters. The van der Waals surface area contributed by atoms with Crippen LogP contribution >= 0.6 is 11.6 Å². The predicted molar refractivity (Wildman–Crippen MR) is 65.5 cm³/mol. The Morgan fingerprint density at radius 1 is 1.40 bits per heavy atom. The number of benzene rings is 1. The second-order valence-electron chi connectivity index (χ2n) is 4.35. The second-order valence-corrected chi connectivity index (χ2v) is 4.79. The number of aliphatic hydroxyl groups is 1. The molecule has 0 saturated carbocycles. The average molecular weight is 307 g/mol. The molecule has 1 aromatic carbocycles. The van der Waals surface area contributed by atoms with E-state index in [-0.39, 0.29) is 16.3 Å². The van der Waals surface area contributed by atoms with Crippen LogP contribution in [0.3, 0.4) is 0 Å². The number of hydrogen-bond donors (Lipinski definition) is 2. The highest BCUT2D eigenvalue weighted by atomic mass is 35.5. The highest BCUT2D eigenvalue weighted by molar-refractivity contribution is 6.30. The number of halogens is 4. The monoisotopic (exact) mass is 306 g/mol. The number of carbonyl (C=O) groups is 1. The van der Waals surface area contributed by atoms with Gasteiger partial charge >= 0.3 is 6.18 Å². The molecule has 0 radical (unpaired) electrons. The normalized spacial score (nSPS) is 22.9. The lowest BCUT2D eigenvalue weighted by molar-refractivity contribution is -0.299. The van der Waals surface area contributed by atoms with Gasteiger partial charge in [-0.3, -0.25) is 10.2 Å². The van der Waals surface area contributed by atoms with Crippen molar-refractivity contribution < 1.29 is 23.1 Å². The van der Waals surface area contributed by atoms with Crippen molar-refractivity contribution in [3.05, 3.63) is 47.1 Å². The van der Waals surface area contributed by atoms with Crippen LogP contribution in [0, 0.1) is 0 Å². The van der Waals surface area contributed by atoms with Crippen molar-refractivity contribution in [3.63, 3.8) is 0 Å². The summed E-state index contributed by atoms with van der Waals surface area (Å²) >= 11 is 5.64. The van der Waals surface area contributed by atoms with E-state index in [1.165, 1.54) is 24.3 Å². The van der Waals surface area contributed by atoms with Crippen molar-refractivity contribution >= 4 is 17.5 Å². The van der Waals surface area contributed by atoms with Gasteiger partial charge < -0.3 is 5.11 Å². The van der Waals surface area contributed by atoms with Crippen molar-refractivity contribution in [2.75, 3.05) is 0 Å². The molecule has 4 nitrogen and oxygen atoms in total. The third-order valence-electron chi connectivity index (χ3n) is 2.85.